The number of hydrogen-bond acceptors (Lipinski definition) is 2. The summed E-state index contributed by atoms with van der Waals surface area (Å²) >= 11 is 0. The average molecular weight is 126 g/mol. The summed E-state index contributed by atoms with van der Waals surface area (Å²) in [4.78, 5) is 0. The fourth-order valence-corrected chi connectivity index (χ4v) is 0.953. The maximum atomic E-state index is 9.07. The van der Waals surface area contributed by atoms with E-state index >= 15 is 0 Å². The van der Waals surface area contributed by atoms with Gasteiger partial charge >= 0.3 is 7.12 Å². The average Bonchev–Trinajstić information content (AvgIpc) is 2.13. The highest BCUT2D eigenvalue weighted by Gasteiger charge is 2.25. The first-order chi connectivity index (χ1) is 4.22. The molecular weight excluding hydrogens is 115 g/mol. The zero-order chi connectivity index (χ0) is 6.85. The summed E-state index contributed by atoms with van der Waals surface area (Å²) in [7, 11) is -0.634. The molecule has 0 aromatic heterocycles. The lowest BCUT2D eigenvalue weighted by molar-refractivity contribution is 0.312. The van der Waals surface area contributed by atoms with Gasteiger partial charge in [-0.15, -0.1) is 0 Å². The van der Waals surface area contributed by atoms with E-state index in [0.717, 1.165) is 5.47 Å². The minimum Gasteiger partial charge on any atom is -0.423 e. The Labute approximate surface area is 55.7 Å². The van der Waals surface area contributed by atoms with E-state index in [1.165, 1.54) is 0 Å². The van der Waals surface area contributed by atoms with Gasteiger partial charge in [-0.25, -0.2) is 0 Å². The van der Waals surface area contributed by atoms with Crippen molar-refractivity contribution in [3.8, 4) is 0 Å². The lowest BCUT2D eigenvalue weighted by atomic mass is 9.74. The fraction of sp³-hybridized carbons (Fsp3) is 0.667. The molecule has 0 radical (unpaired) electrons. The molecule has 0 spiro atoms. The first kappa shape index (κ1) is 6.84. The summed E-state index contributed by atoms with van der Waals surface area (Å²) in [5, 5.41) is 9.07. The molecule has 2 nitrogen and oxygen atoms in total. The summed E-state index contributed by atoms with van der Waals surface area (Å²) in [5.41, 5.74) is 1.01. The topological polar surface area (TPSA) is 29.5 Å². The van der Waals surface area contributed by atoms with Crippen molar-refractivity contribution in [2.45, 2.75) is 13.8 Å². The van der Waals surface area contributed by atoms with Crippen LogP contribution in [0, 0.1) is 5.92 Å². The second kappa shape index (κ2) is 2.54. The van der Waals surface area contributed by atoms with Gasteiger partial charge in [0.1, 0.15) is 0 Å². The predicted octanol–water partition coefficient (Wildman–Crippen LogP) is 0.619. The molecule has 1 N–H and O–H groups in total. The standard InChI is InChI=1S/C6H11BO2/c1-5(2)6-3-4-9-7(6)8/h3,5,8H,4H2,1-2H3. The Hall–Kier alpha value is -0.275. The Morgan fingerprint density at radius 3 is 2.67 bits per heavy atom. The second-order valence-corrected chi connectivity index (χ2v) is 2.54. The molecule has 0 unspecified atom stereocenters. The van der Waals surface area contributed by atoms with Gasteiger partial charge in [0.15, 0.2) is 0 Å². The van der Waals surface area contributed by atoms with Gasteiger partial charge in [0.2, 0.25) is 0 Å². The summed E-state index contributed by atoms with van der Waals surface area (Å²) in [6.07, 6.45) is 1.94. The largest absolute Gasteiger partial charge is 0.487 e. The normalized spacial score (nSPS) is 19.1. The van der Waals surface area contributed by atoms with Crippen molar-refractivity contribution in [2.24, 2.45) is 5.92 Å². The van der Waals surface area contributed by atoms with Gasteiger partial charge in [0, 0.05) is 6.61 Å². The molecule has 0 aromatic rings. The molecule has 1 aliphatic heterocycles. The maximum Gasteiger partial charge on any atom is 0.487 e. The highest BCUT2D eigenvalue weighted by Crippen LogP contribution is 2.16. The minimum atomic E-state index is -0.634. The molecule has 9 heavy (non-hydrogen) atoms. The van der Waals surface area contributed by atoms with Crippen LogP contribution < -0.4 is 0 Å². The van der Waals surface area contributed by atoms with Crippen LogP contribution >= 0.6 is 0 Å². The first-order valence-electron chi connectivity index (χ1n) is 3.21. The van der Waals surface area contributed by atoms with Crippen LogP contribution in [0.5, 0.6) is 0 Å². The van der Waals surface area contributed by atoms with Gasteiger partial charge in [-0.3, -0.25) is 0 Å². The number of hydrogen-bond donors (Lipinski definition) is 1. The van der Waals surface area contributed by atoms with Crippen LogP contribution in [-0.4, -0.2) is 18.7 Å². The third kappa shape index (κ3) is 1.34. The lowest BCUT2D eigenvalue weighted by Gasteiger charge is -2.05. The van der Waals surface area contributed by atoms with Crippen molar-refractivity contribution in [3.05, 3.63) is 11.5 Å². The van der Waals surface area contributed by atoms with Gasteiger partial charge in [-0.05, 0) is 11.4 Å². The van der Waals surface area contributed by atoms with Crippen LogP contribution in [0.25, 0.3) is 0 Å². The Bertz CT molecular complexity index is 131. The van der Waals surface area contributed by atoms with E-state index in [-0.39, 0.29) is 0 Å². The van der Waals surface area contributed by atoms with E-state index in [9.17, 15) is 0 Å². The van der Waals surface area contributed by atoms with E-state index in [1.807, 2.05) is 19.9 Å². The summed E-state index contributed by atoms with van der Waals surface area (Å²) < 4.78 is 4.89. The summed E-state index contributed by atoms with van der Waals surface area (Å²) in [6, 6.07) is 0. The van der Waals surface area contributed by atoms with Crippen molar-refractivity contribution in [1.29, 1.82) is 0 Å². The molecular formula is C6H11BO2. The molecule has 0 bridgehead atoms. The van der Waals surface area contributed by atoms with E-state index in [1.54, 1.807) is 0 Å². The Morgan fingerprint density at radius 1 is 1.78 bits per heavy atom. The Balaban J connectivity index is 2.57. The second-order valence-electron chi connectivity index (χ2n) is 2.54. The van der Waals surface area contributed by atoms with Crippen LogP contribution in [0.1, 0.15) is 13.8 Å². The molecule has 0 aromatic carbocycles. The Kier molecular flexibility index (Phi) is 1.93. The van der Waals surface area contributed by atoms with E-state index in [0.29, 0.717) is 12.5 Å². The van der Waals surface area contributed by atoms with E-state index in [4.69, 9.17) is 9.68 Å². The van der Waals surface area contributed by atoms with Crippen LogP contribution in [0.4, 0.5) is 0 Å². The van der Waals surface area contributed by atoms with Gasteiger partial charge in [0.25, 0.3) is 0 Å². The highest BCUT2D eigenvalue weighted by molar-refractivity contribution is 6.53. The molecule has 1 heterocycles. The molecule has 0 aliphatic carbocycles. The van der Waals surface area contributed by atoms with Gasteiger partial charge in [-0.1, -0.05) is 19.9 Å². The van der Waals surface area contributed by atoms with Crippen LogP contribution in [0.3, 0.4) is 0 Å². The third-order valence-electron chi connectivity index (χ3n) is 1.52. The maximum absolute atomic E-state index is 9.07. The molecule has 1 aliphatic rings. The summed E-state index contributed by atoms with van der Waals surface area (Å²) in [5.74, 6) is 0.405. The van der Waals surface area contributed by atoms with Crippen molar-refractivity contribution >= 4 is 7.12 Å². The SMILES string of the molecule is CC(C)C1=CCOB1O. The summed E-state index contributed by atoms with van der Waals surface area (Å²) in [6.45, 7) is 4.65. The molecule has 3 heteroatoms. The molecule has 0 amide bonds. The zero-order valence-corrected chi connectivity index (χ0v) is 5.79. The Morgan fingerprint density at radius 2 is 2.44 bits per heavy atom. The molecule has 0 saturated heterocycles. The zero-order valence-electron chi connectivity index (χ0n) is 5.79. The lowest BCUT2D eigenvalue weighted by Crippen LogP contribution is -2.18. The molecule has 0 atom stereocenters. The predicted molar refractivity (Wildman–Crippen MR) is 36.8 cm³/mol. The molecule has 0 fully saturated rings. The van der Waals surface area contributed by atoms with Crippen LogP contribution in [0.15, 0.2) is 11.5 Å². The van der Waals surface area contributed by atoms with Crippen molar-refractivity contribution < 1.29 is 9.68 Å². The molecule has 1 rings (SSSR count). The van der Waals surface area contributed by atoms with Crippen LogP contribution in [-0.2, 0) is 4.65 Å². The smallest absolute Gasteiger partial charge is 0.423 e. The van der Waals surface area contributed by atoms with E-state index < -0.39 is 7.12 Å². The highest BCUT2D eigenvalue weighted by atomic mass is 16.5. The first-order valence-corrected chi connectivity index (χ1v) is 3.21. The molecule has 0 saturated carbocycles. The molecule has 50 valence electrons. The van der Waals surface area contributed by atoms with Gasteiger partial charge in [-0.2, -0.15) is 0 Å². The van der Waals surface area contributed by atoms with Crippen molar-refractivity contribution in [3.63, 3.8) is 0 Å². The number of allylic oxidation sites excluding steroid dienone is 1. The fourth-order valence-electron chi connectivity index (χ4n) is 0.953. The van der Waals surface area contributed by atoms with Gasteiger partial charge < -0.3 is 9.68 Å². The van der Waals surface area contributed by atoms with Crippen LogP contribution in [0.2, 0.25) is 0 Å². The third-order valence-corrected chi connectivity index (χ3v) is 1.52. The van der Waals surface area contributed by atoms with Crippen molar-refractivity contribution in [1.82, 2.24) is 0 Å². The monoisotopic (exact) mass is 126 g/mol. The number of rotatable bonds is 1. The van der Waals surface area contributed by atoms with Crippen molar-refractivity contribution in [2.75, 3.05) is 6.61 Å². The quantitative estimate of drug-likeness (QED) is 0.521. The van der Waals surface area contributed by atoms with Gasteiger partial charge in [0.05, 0.1) is 0 Å². The minimum absolute atomic E-state index is 0.405. The van der Waals surface area contributed by atoms with E-state index in [2.05, 4.69) is 0 Å².